The summed E-state index contributed by atoms with van der Waals surface area (Å²) in [4.78, 5) is 19.7. The molecule has 3 aromatic rings. The lowest BCUT2D eigenvalue weighted by Crippen LogP contribution is -2.36. The Balaban J connectivity index is 1.38. The molecule has 1 saturated heterocycles. The summed E-state index contributed by atoms with van der Waals surface area (Å²) in [7, 11) is 0. The van der Waals surface area contributed by atoms with Crippen LogP contribution in [0.2, 0.25) is 0 Å². The van der Waals surface area contributed by atoms with Gasteiger partial charge in [0.05, 0.1) is 31.0 Å². The lowest BCUT2D eigenvalue weighted by atomic mass is 10.1. The van der Waals surface area contributed by atoms with E-state index < -0.39 is 0 Å². The highest BCUT2D eigenvalue weighted by Gasteiger charge is 2.17. The standard InChI is InChI=1S/C24H31N5O2S/c1-16(2)14-29-18(4)21(17(3)27-29)13-23(30)25-20-7-5-19(6-8-20)22-15-32-24(26-22)28-9-11-31-12-10-28/h5-8,15-16H,9-14H2,1-4H3,(H,25,30). The Morgan fingerprint density at radius 3 is 2.59 bits per heavy atom. The third-order valence-corrected chi connectivity index (χ3v) is 6.55. The van der Waals surface area contributed by atoms with E-state index in [2.05, 4.69) is 34.5 Å². The Morgan fingerprint density at radius 2 is 1.91 bits per heavy atom. The molecule has 1 N–H and O–H groups in total. The first-order valence-corrected chi connectivity index (χ1v) is 12.0. The number of ether oxygens (including phenoxy) is 1. The molecule has 170 valence electrons. The van der Waals surface area contributed by atoms with Crippen molar-refractivity contribution >= 4 is 28.1 Å². The molecule has 0 spiro atoms. The predicted octanol–water partition coefficient (Wildman–Crippen LogP) is 4.30. The first kappa shape index (κ1) is 22.5. The van der Waals surface area contributed by atoms with Crippen molar-refractivity contribution in [2.75, 3.05) is 36.5 Å². The van der Waals surface area contributed by atoms with Gasteiger partial charge >= 0.3 is 0 Å². The zero-order valence-corrected chi connectivity index (χ0v) is 20.0. The Labute approximate surface area is 193 Å². The Bertz CT molecular complexity index is 1060. The van der Waals surface area contributed by atoms with Crippen molar-refractivity contribution in [3.63, 3.8) is 0 Å². The van der Waals surface area contributed by atoms with E-state index >= 15 is 0 Å². The van der Waals surface area contributed by atoms with Gasteiger partial charge in [0.1, 0.15) is 0 Å². The third kappa shape index (κ3) is 5.19. The molecule has 7 nitrogen and oxygen atoms in total. The molecule has 0 atom stereocenters. The molecule has 1 fully saturated rings. The molecule has 1 aliphatic rings. The maximum Gasteiger partial charge on any atom is 0.228 e. The summed E-state index contributed by atoms with van der Waals surface area (Å²) in [6.45, 7) is 12.5. The summed E-state index contributed by atoms with van der Waals surface area (Å²) in [6, 6.07) is 7.88. The molecule has 0 saturated carbocycles. The van der Waals surface area contributed by atoms with Gasteiger partial charge in [-0.15, -0.1) is 11.3 Å². The molecule has 0 unspecified atom stereocenters. The zero-order chi connectivity index (χ0) is 22.7. The number of anilines is 2. The number of thiazole rings is 1. The van der Waals surface area contributed by atoms with Gasteiger partial charge in [-0.2, -0.15) is 5.10 Å². The fourth-order valence-electron chi connectivity index (χ4n) is 3.90. The van der Waals surface area contributed by atoms with Gasteiger partial charge in [0.15, 0.2) is 5.13 Å². The minimum atomic E-state index is -0.0312. The number of carbonyl (C=O) groups excluding carboxylic acids is 1. The van der Waals surface area contributed by atoms with E-state index in [-0.39, 0.29) is 5.91 Å². The van der Waals surface area contributed by atoms with Crippen molar-refractivity contribution in [1.29, 1.82) is 0 Å². The molecule has 1 aliphatic heterocycles. The fourth-order valence-corrected chi connectivity index (χ4v) is 4.79. The number of benzene rings is 1. The van der Waals surface area contributed by atoms with Gasteiger partial charge < -0.3 is 15.0 Å². The van der Waals surface area contributed by atoms with Crippen LogP contribution in [0.5, 0.6) is 0 Å². The number of aromatic nitrogens is 3. The Hall–Kier alpha value is -2.71. The SMILES string of the molecule is Cc1nn(CC(C)C)c(C)c1CC(=O)Nc1ccc(-c2csc(N3CCOCC3)n2)cc1. The smallest absolute Gasteiger partial charge is 0.228 e. The van der Waals surface area contributed by atoms with E-state index in [1.165, 1.54) is 0 Å². The van der Waals surface area contributed by atoms with Crippen molar-refractivity contribution in [3.05, 3.63) is 46.6 Å². The van der Waals surface area contributed by atoms with Crippen LogP contribution < -0.4 is 10.2 Å². The number of nitrogens with one attached hydrogen (secondary N) is 1. The van der Waals surface area contributed by atoms with E-state index in [9.17, 15) is 4.79 Å². The average Bonchev–Trinajstić information content (AvgIpc) is 3.36. The maximum absolute atomic E-state index is 12.7. The molecule has 1 aromatic carbocycles. The maximum atomic E-state index is 12.7. The van der Waals surface area contributed by atoms with E-state index in [0.717, 1.165) is 71.9 Å². The monoisotopic (exact) mass is 453 g/mol. The number of aryl methyl sites for hydroxylation is 1. The van der Waals surface area contributed by atoms with Crippen LogP contribution in [0, 0.1) is 19.8 Å². The summed E-state index contributed by atoms with van der Waals surface area (Å²) in [5.41, 5.74) is 5.79. The quantitative estimate of drug-likeness (QED) is 0.578. The van der Waals surface area contributed by atoms with Crippen molar-refractivity contribution in [3.8, 4) is 11.3 Å². The molecule has 4 rings (SSSR count). The summed E-state index contributed by atoms with van der Waals surface area (Å²) in [6.07, 6.45) is 0.326. The lowest BCUT2D eigenvalue weighted by molar-refractivity contribution is -0.115. The molecule has 1 amide bonds. The number of rotatable bonds is 7. The van der Waals surface area contributed by atoms with Gasteiger partial charge in [0, 0.05) is 47.5 Å². The highest BCUT2D eigenvalue weighted by atomic mass is 32.1. The highest BCUT2D eigenvalue weighted by molar-refractivity contribution is 7.14. The summed E-state index contributed by atoms with van der Waals surface area (Å²) in [5.74, 6) is 0.479. The topological polar surface area (TPSA) is 72.3 Å². The average molecular weight is 454 g/mol. The van der Waals surface area contributed by atoms with Crippen LogP contribution in [0.4, 0.5) is 10.8 Å². The van der Waals surface area contributed by atoms with Crippen molar-refractivity contribution in [2.45, 2.75) is 40.7 Å². The molecular formula is C24H31N5O2S. The summed E-state index contributed by atoms with van der Waals surface area (Å²) >= 11 is 1.66. The first-order chi connectivity index (χ1) is 15.4. The van der Waals surface area contributed by atoms with Gasteiger partial charge in [0.2, 0.25) is 5.91 Å². The molecule has 2 aromatic heterocycles. The second-order valence-electron chi connectivity index (χ2n) is 8.64. The van der Waals surface area contributed by atoms with Gasteiger partial charge in [-0.1, -0.05) is 26.0 Å². The lowest BCUT2D eigenvalue weighted by Gasteiger charge is -2.26. The fraction of sp³-hybridized carbons (Fsp3) is 0.458. The van der Waals surface area contributed by atoms with Crippen molar-refractivity contribution in [2.24, 2.45) is 5.92 Å². The number of carbonyl (C=O) groups is 1. The normalized spacial score (nSPS) is 14.2. The van der Waals surface area contributed by atoms with Crippen LogP contribution in [0.15, 0.2) is 29.6 Å². The van der Waals surface area contributed by atoms with Crippen LogP contribution in [-0.4, -0.2) is 47.0 Å². The number of hydrogen-bond donors (Lipinski definition) is 1. The van der Waals surface area contributed by atoms with Crippen LogP contribution in [0.25, 0.3) is 11.3 Å². The van der Waals surface area contributed by atoms with Crippen molar-refractivity contribution < 1.29 is 9.53 Å². The van der Waals surface area contributed by atoms with Gasteiger partial charge in [-0.05, 0) is 31.9 Å². The summed E-state index contributed by atoms with van der Waals surface area (Å²) < 4.78 is 7.43. The molecule has 8 heteroatoms. The highest BCUT2D eigenvalue weighted by Crippen LogP contribution is 2.28. The predicted molar refractivity (Wildman–Crippen MR) is 129 cm³/mol. The molecule has 0 bridgehead atoms. The largest absolute Gasteiger partial charge is 0.378 e. The minimum Gasteiger partial charge on any atom is -0.378 e. The first-order valence-electron chi connectivity index (χ1n) is 11.1. The zero-order valence-electron chi connectivity index (χ0n) is 19.2. The number of hydrogen-bond acceptors (Lipinski definition) is 6. The third-order valence-electron chi connectivity index (χ3n) is 5.64. The molecule has 0 aliphatic carbocycles. The molecule has 3 heterocycles. The second kappa shape index (κ2) is 9.83. The number of amides is 1. The van der Waals surface area contributed by atoms with E-state index in [1.807, 2.05) is 42.8 Å². The van der Waals surface area contributed by atoms with Gasteiger partial charge in [-0.3, -0.25) is 9.48 Å². The molecule has 0 radical (unpaired) electrons. The minimum absolute atomic E-state index is 0.0312. The van der Waals surface area contributed by atoms with E-state index in [1.54, 1.807) is 11.3 Å². The van der Waals surface area contributed by atoms with Gasteiger partial charge in [-0.25, -0.2) is 4.98 Å². The van der Waals surface area contributed by atoms with Crippen LogP contribution in [0.3, 0.4) is 0 Å². The number of nitrogens with zero attached hydrogens (tertiary/aromatic N) is 4. The van der Waals surface area contributed by atoms with Gasteiger partial charge in [0.25, 0.3) is 0 Å². The number of morpholine rings is 1. The van der Waals surface area contributed by atoms with E-state index in [4.69, 9.17) is 9.72 Å². The Morgan fingerprint density at radius 1 is 1.19 bits per heavy atom. The molecular weight excluding hydrogens is 422 g/mol. The van der Waals surface area contributed by atoms with Crippen LogP contribution in [0.1, 0.15) is 30.8 Å². The summed E-state index contributed by atoms with van der Waals surface area (Å²) in [5, 5.41) is 10.7. The van der Waals surface area contributed by atoms with Crippen molar-refractivity contribution in [1.82, 2.24) is 14.8 Å². The second-order valence-corrected chi connectivity index (χ2v) is 9.48. The van der Waals surface area contributed by atoms with Crippen LogP contribution in [-0.2, 0) is 22.5 Å². The Kier molecular flexibility index (Phi) is 6.91. The van der Waals surface area contributed by atoms with Crippen LogP contribution >= 0.6 is 11.3 Å². The van der Waals surface area contributed by atoms with E-state index in [0.29, 0.717) is 12.3 Å². The molecule has 32 heavy (non-hydrogen) atoms.